The topological polar surface area (TPSA) is 84.5 Å². The molecule has 2 aromatic rings. The van der Waals surface area contributed by atoms with Crippen molar-refractivity contribution in [1.82, 2.24) is 10.6 Å². The normalized spacial score (nSPS) is 11.8. The standard InChI is InChI=1S/C13H14N2O4/c1-9(15-13(17)11-3-5-19-8-11)6-14-12(16)10-2-4-18-7-10/h2-5,7-9H,6H2,1H3,(H,14,16)(H,15,17). The molecule has 0 spiro atoms. The van der Waals surface area contributed by atoms with Gasteiger partial charge >= 0.3 is 0 Å². The first-order chi connectivity index (χ1) is 9.16. The van der Waals surface area contributed by atoms with Crippen LogP contribution in [0.5, 0.6) is 0 Å². The van der Waals surface area contributed by atoms with Gasteiger partial charge in [0.15, 0.2) is 0 Å². The highest BCUT2D eigenvalue weighted by atomic mass is 16.3. The average Bonchev–Trinajstić information content (AvgIpc) is 3.07. The molecule has 0 aromatic carbocycles. The summed E-state index contributed by atoms with van der Waals surface area (Å²) in [5.41, 5.74) is 0.904. The highest BCUT2D eigenvalue weighted by Crippen LogP contribution is 2.01. The molecule has 2 aromatic heterocycles. The lowest BCUT2D eigenvalue weighted by Gasteiger charge is -2.13. The molecule has 0 saturated heterocycles. The molecule has 19 heavy (non-hydrogen) atoms. The summed E-state index contributed by atoms with van der Waals surface area (Å²) in [5, 5.41) is 5.44. The molecule has 0 aliphatic carbocycles. The molecule has 0 fully saturated rings. The van der Waals surface area contributed by atoms with Crippen LogP contribution in [-0.2, 0) is 0 Å². The number of furan rings is 2. The molecule has 6 nitrogen and oxygen atoms in total. The van der Waals surface area contributed by atoms with Crippen molar-refractivity contribution >= 4 is 11.8 Å². The Morgan fingerprint density at radius 3 is 2.21 bits per heavy atom. The van der Waals surface area contributed by atoms with E-state index in [-0.39, 0.29) is 17.9 Å². The maximum absolute atomic E-state index is 11.7. The van der Waals surface area contributed by atoms with Crippen LogP contribution < -0.4 is 10.6 Å². The second kappa shape index (κ2) is 5.90. The minimum atomic E-state index is -0.238. The van der Waals surface area contributed by atoms with Crippen LogP contribution in [0.25, 0.3) is 0 Å². The van der Waals surface area contributed by atoms with Crippen LogP contribution >= 0.6 is 0 Å². The Morgan fingerprint density at radius 2 is 1.68 bits per heavy atom. The Morgan fingerprint density at radius 1 is 1.11 bits per heavy atom. The van der Waals surface area contributed by atoms with Crippen molar-refractivity contribution in [1.29, 1.82) is 0 Å². The largest absolute Gasteiger partial charge is 0.472 e. The molecular formula is C13H14N2O4. The van der Waals surface area contributed by atoms with Crippen molar-refractivity contribution in [2.24, 2.45) is 0 Å². The van der Waals surface area contributed by atoms with Gasteiger partial charge in [-0.2, -0.15) is 0 Å². The minimum absolute atomic E-state index is 0.196. The molecule has 1 unspecified atom stereocenters. The monoisotopic (exact) mass is 262 g/mol. The van der Waals surface area contributed by atoms with E-state index in [0.29, 0.717) is 17.7 Å². The summed E-state index contributed by atoms with van der Waals surface area (Å²) in [6, 6.07) is 2.95. The number of nitrogens with one attached hydrogen (secondary N) is 2. The van der Waals surface area contributed by atoms with E-state index >= 15 is 0 Å². The summed E-state index contributed by atoms with van der Waals surface area (Å²) in [6.07, 6.45) is 5.59. The van der Waals surface area contributed by atoms with Crippen LogP contribution in [0, 0.1) is 0 Å². The number of hydrogen-bond acceptors (Lipinski definition) is 4. The van der Waals surface area contributed by atoms with Gasteiger partial charge in [0, 0.05) is 12.6 Å². The number of carbonyl (C=O) groups excluding carboxylic acids is 2. The van der Waals surface area contributed by atoms with E-state index in [1.165, 1.54) is 25.1 Å². The number of hydrogen-bond donors (Lipinski definition) is 2. The molecule has 0 radical (unpaired) electrons. The number of carbonyl (C=O) groups is 2. The van der Waals surface area contributed by atoms with Gasteiger partial charge in [-0.25, -0.2) is 0 Å². The predicted molar refractivity (Wildman–Crippen MR) is 66.7 cm³/mol. The fourth-order valence-electron chi connectivity index (χ4n) is 1.49. The molecule has 2 amide bonds. The molecule has 2 rings (SSSR count). The van der Waals surface area contributed by atoms with Crippen LogP contribution in [0.15, 0.2) is 46.0 Å². The number of amides is 2. The van der Waals surface area contributed by atoms with Crippen LogP contribution in [-0.4, -0.2) is 24.4 Å². The maximum atomic E-state index is 11.7. The van der Waals surface area contributed by atoms with Crippen LogP contribution in [0.3, 0.4) is 0 Å². The summed E-state index contributed by atoms with van der Waals surface area (Å²) in [6.45, 7) is 2.13. The lowest BCUT2D eigenvalue weighted by atomic mass is 10.2. The molecule has 2 N–H and O–H groups in total. The first kappa shape index (κ1) is 12.9. The van der Waals surface area contributed by atoms with Crippen molar-refractivity contribution in [3.8, 4) is 0 Å². The Bertz CT molecular complexity index is 531. The predicted octanol–water partition coefficient (Wildman–Crippen LogP) is 1.42. The maximum Gasteiger partial charge on any atom is 0.254 e. The quantitative estimate of drug-likeness (QED) is 0.853. The fourth-order valence-corrected chi connectivity index (χ4v) is 1.49. The van der Waals surface area contributed by atoms with Gasteiger partial charge in [-0.3, -0.25) is 9.59 Å². The highest BCUT2D eigenvalue weighted by Gasteiger charge is 2.12. The van der Waals surface area contributed by atoms with Gasteiger partial charge in [0.1, 0.15) is 12.5 Å². The van der Waals surface area contributed by atoms with Crippen LogP contribution in [0.4, 0.5) is 0 Å². The summed E-state index contributed by atoms with van der Waals surface area (Å²) in [7, 11) is 0. The van der Waals surface area contributed by atoms with E-state index in [0.717, 1.165) is 0 Å². The third kappa shape index (κ3) is 3.48. The van der Waals surface area contributed by atoms with E-state index in [9.17, 15) is 9.59 Å². The zero-order chi connectivity index (χ0) is 13.7. The first-order valence-corrected chi connectivity index (χ1v) is 5.80. The van der Waals surface area contributed by atoms with Gasteiger partial charge in [-0.15, -0.1) is 0 Å². The van der Waals surface area contributed by atoms with E-state index in [2.05, 4.69) is 10.6 Å². The smallest absolute Gasteiger partial charge is 0.254 e. The molecule has 0 aliphatic heterocycles. The summed E-state index contributed by atoms with van der Waals surface area (Å²) in [5.74, 6) is -0.475. The molecule has 6 heteroatoms. The van der Waals surface area contributed by atoms with Gasteiger partial charge in [0.05, 0.1) is 23.7 Å². The van der Waals surface area contributed by atoms with E-state index in [1.54, 1.807) is 19.1 Å². The highest BCUT2D eigenvalue weighted by molar-refractivity contribution is 5.94. The third-order valence-corrected chi connectivity index (χ3v) is 2.51. The third-order valence-electron chi connectivity index (χ3n) is 2.51. The summed E-state index contributed by atoms with van der Waals surface area (Å²) in [4.78, 5) is 23.3. The average molecular weight is 262 g/mol. The van der Waals surface area contributed by atoms with Crippen LogP contribution in [0.1, 0.15) is 27.6 Å². The Balaban J connectivity index is 1.77. The van der Waals surface area contributed by atoms with Gasteiger partial charge in [0.2, 0.25) is 0 Å². The zero-order valence-corrected chi connectivity index (χ0v) is 10.4. The Hall–Kier alpha value is -2.50. The SMILES string of the molecule is CC(CNC(=O)c1ccoc1)NC(=O)c1ccoc1. The first-order valence-electron chi connectivity index (χ1n) is 5.80. The summed E-state index contributed by atoms with van der Waals surface area (Å²) < 4.78 is 9.64. The zero-order valence-electron chi connectivity index (χ0n) is 10.4. The van der Waals surface area contributed by atoms with Crippen molar-refractivity contribution in [2.75, 3.05) is 6.54 Å². The van der Waals surface area contributed by atoms with E-state index in [1.807, 2.05) is 0 Å². The fraction of sp³-hybridized carbons (Fsp3) is 0.231. The molecule has 0 aliphatic rings. The van der Waals surface area contributed by atoms with Gasteiger partial charge in [-0.1, -0.05) is 0 Å². The summed E-state index contributed by atoms with van der Waals surface area (Å²) >= 11 is 0. The number of rotatable bonds is 5. The molecule has 1 atom stereocenters. The van der Waals surface area contributed by atoms with Gasteiger partial charge in [0.25, 0.3) is 11.8 Å². The molecular weight excluding hydrogens is 248 g/mol. The van der Waals surface area contributed by atoms with Crippen molar-refractivity contribution in [2.45, 2.75) is 13.0 Å². The Kier molecular flexibility index (Phi) is 4.02. The second-order valence-corrected chi connectivity index (χ2v) is 4.11. The van der Waals surface area contributed by atoms with Crippen molar-refractivity contribution in [3.05, 3.63) is 48.3 Å². The van der Waals surface area contributed by atoms with Gasteiger partial charge in [-0.05, 0) is 19.1 Å². The van der Waals surface area contributed by atoms with Crippen LogP contribution in [0.2, 0.25) is 0 Å². The molecule has 100 valence electrons. The lowest BCUT2D eigenvalue weighted by Crippen LogP contribution is -2.41. The molecule has 0 bridgehead atoms. The second-order valence-electron chi connectivity index (χ2n) is 4.11. The molecule has 0 saturated carbocycles. The van der Waals surface area contributed by atoms with Crippen molar-refractivity contribution in [3.63, 3.8) is 0 Å². The van der Waals surface area contributed by atoms with E-state index in [4.69, 9.17) is 8.83 Å². The van der Waals surface area contributed by atoms with E-state index < -0.39 is 0 Å². The lowest BCUT2D eigenvalue weighted by molar-refractivity contribution is 0.0911. The van der Waals surface area contributed by atoms with Crippen molar-refractivity contribution < 1.29 is 18.4 Å². The molecule has 2 heterocycles. The van der Waals surface area contributed by atoms with Gasteiger partial charge < -0.3 is 19.5 Å². The Labute approximate surface area is 109 Å². The minimum Gasteiger partial charge on any atom is -0.472 e.